The summed E-state index contributed by atoms with van der Waals surface area (Å²) in [5.74, 6) is 0.639. The SMILES string of the molecule is CC.COc1ccc(Br)cc1O. The zero-order valence-corrected chi connectivity index (χ0v) is 9.05. The highest BCUT2D eigenvalue weighted by atomic mass is 79.9. The lowest BCUT2D eigenvalue weighted by molar-refractivity contribution is 0.373. The number of halogens is 1. The summed E-state index contributed by atoms with van der Waals surface area (Å²) in [6.45, 7) is 4.00. The van der Waals surface area contributed by atoms with Crippen LogP contribution in [-0.2, 0) is 0 Å². The molecule has 12 heavy (non-hydrogen) atoms. The Hall–Kier alpha value is -0.700. The van der Waals surface area contributed by atoms with Gasteiger partial charge in [-0.2, -0.15) is 0 Å². The summed E-state index contributed by atoms with van der Waals surface area (Å²) < 4.78 is 5.67. The monoisotopic (exact) mass is 232 g/mol. The minimum atomic E-state index is 0.150. The molecular formula is C9H13BrO2. The molecule has 0 aromatic heterocycles. The average molecular weight is 233 g/mol. The molecular weight excluding hydrogens is 220 g/mol. The molecule has 0 heterocycles. The van der Waals surface area contributed by atoms with E-state index in [0.29, 0.717) is 5.75 Å². The Labute approximate surface area is 81.3 Å². The number of aromatic hydroxyl groups is 1. The maximum Gasteiger partial charge on any atom is 0.160 e. The Morgan fingerprint density at radius 3 is 2.33 bits per heavy atom. The van der Waals surface area contributed by atoms with Crippen molar-refractivity contribution in [2.24, 2.45) is 0 Å². The highest BCUT2D eigenvalue weighted by Gasteiger charge is 1.98. The Morgan fingerprint density at radius 2 is 1.92 bits per heavy atom. The summed E-state index contributed by atoms with van der Waals surface area (Å²) in [5.41, 5.74) is 0. The van der Waals surface area contributed by atoms with Crippen LogP contribution in [0.5, 0.6) is 11.5 Å². The smallest absolute Gasteiger partial charge is 0.160 e. The van der Waals surface area contributed by atoms with Crippen LogP contribution in [0.1, 0.15) is 13.8 Å². The fraction of sp³-hybridized carbons (Fsp3) is 0.333. The van der Waals surface area contributed by atoms with Crippen molar-refractivity contribution in [2.45, 2.75) is 13.8 Å². The lowest BCUT2D eigenvalue weighted by Crippen LogP contribution is -1.81. The van der Waals surface area contributed by atoms with E-state index in [0.717, 1.165) is 4.47 Å². The summed E-state index contributed by atoms with van der Waals surface area (Å²) in [6, 6.07) is 5.08. The molecule has 3 heteroatoms. The van der Waals surface area contributed by atoms with E-state index >= 15 is 0 Å². The molecule has 1 rings (SSSR count). The van der Waals surface area contributed by atoms with Crippen molar-refractivity contribution in [1.82, 2.24) is 0 Å². The maximum absolute atomic E-state index is 9.14. The first-order chi connectivity index (χ1) is 5.74. The largest absolute Gasteiger partial charge is 0.504 e. The van der Waals surface area contributed by atoms with Crippen LogP contribution in [-0.4, -0.2) is 12.2 Å². The second-order valence-electron chi connectivity index (χ2n) is 1.82. The van der Waals surface area contributed by atoms with Gasteiger partial charge in [0, 0.05) is 4.47 Å². The fourth-order valence-electron chi connectivity index (χ4n) is 0.663. The average Bonchev–Trinajstić information content (AvgIpc) is 2.08. The van der Waals surface area contributed by atoms with Gasteiger partial charge in [-0.1, -0.05) is 29.8 Å². The Balaban J connectivity index is 0.000000561. The molecule has 0 saturated carbocycles. The van der Waals surface area contributed by atoms with Gasteiger partial charge in [-0.25, -0.2) is 0 Å². The number of hydrogen-bond donors (Lipinski definition) is 1. The number of benzene rings is 1. The third-order valence-corrected chi connectivity index (χ3v) is 1.63. The Bertz CT molecular complexity index is 236. The second kappa shape index (κ2) is 5.89. The van der Waals surface area contributed by atoms with Gasteiger partial charge in [0.15, 0.2) is 11.5 Å². The molecule has 0 amide bonds. The number of methoxy groups -OCH3 is 1. The molecule has 0 bridgehead atoms. The summed E-state index contributed by atoms with van der Waals surface area (Å²) >= 11 is 3.21. The van der Waals surface area contributed by atoms with Crippen LogP contribution in [0.4, 0.5) is 0 Å². The predicted molar refractivity (Wildman–Crippen MR) is 53.7 cm³/mol. The summed E-state index contributed by atoms with van der Waals surface area (Å²) in [7, 11) is 1.52. The van der Waals surface area contributed by atoms with Gasteiger partial charge in [0.25, 0.3) is 0 Å². The highest BCUT2D eigenvalue weighted by Crippen LogP contribution is 2.28. The molecule has 68 valence electrons. The standard InChI is InChI=1S/C7H7BrO2.C2H6/c1-10-7-3-2-5(8)4-6(7)9;1-2/h2-4,9H,1H3;1-2H3. The van der Waals surface area contributed by atoms with Crippen LogP contribution in [0, 0.1) is 0 Å². The number of hydrogen-bond acceptors (Lipinski definition) is 2. The molecule has 0 radical (unpaired) electrons. The quantitative estimate of drug-likeness (QED) is 0.807. The molecule has 0 aliphatic heterocycles. The molecule has 0 spiro atoms. The van der Waals surface area contributed by atoms with Crippen LogP contribution in [0.15, 0.2) is 22.7 Å². The summed E-state index contributed by atoms with van der Waals surface area (Å²) in [4.78, 5) is 0. The van der Waals surface area contributed by atoms with Gasteiger partial charge in [-0.15, -0.1) is 0 Å². The molecule has 1 aromatic rings. The van der Waals surface area contributed by atoms with Crippen LogP contribution >= 0.6 is 15.9 Å². The van der Waals surface area contributed by atoms with Crippen molar-refractivity contribution in [3.63, 3.8) is 0 Å². The van der Waals surface area contributed by atoms with Crippen LogP contribution in [0.2, 0.25) is 0 Å². The van der Waals surface area contributed by atoms with Crippen LogP contribution < -0.4 is 4.74 Å². The normalized spacial score (nSPS) is 8.33. The third-order valence-electron chi connectivity index (χ3n) is 1.14. The van der Waals surface area contributed by atoms with Gasteiger partial charge in [0.2, 0.25) is 0 Å². The van der Waals surface area contributed by atoms with Gasteiger partial charge >= 0.3 is 0 Å². The molecule has 0 saturated heterocycles. The molecule has 2 nitrogen and oxygen atoms in total. The molecule has 1 N–H and O–H groups in total. The maximum atomic E-state index is 9.14. The molecule has 0 fully saturated rings. The van der Waals surface area contributed by atoms with Gasteiger partial charge in [0.05, 0.1) is 7.11 Å². The number of ether oxygens (including phenoxy) is 1. The van der Waals surface area contributed by atoms with Crippen molar-refractivity contribution in [1.29, 1.82) is 0 Å². The summed E-state index contributed by atoms with van der Waals surface area (Å²) in [5, 5.41) is 9.14. The number of rotatable bonds is 1. The van der Waals surface area contributed by atoms with Crippen molar-refractivity contribution in [3.05, 3.63) is 22.7 Å². The van der Waals surface area contributed by atoms with E-state index in [1.165, 1.54) is 7.11 Å². The van der Waals surface area contributed by atoms with E-state index in [-0.39, 0.29) is 5.75 Å². The molecule has 0 atom stereocenters. The van der Waals surface area contributed by atoms with Crippen molar-refractivity contribution in [3.8, 4) is 11.5 Å². The van der Waals surface area contributed by atoms with Gasteiger partial charge < -0.3 is 9.84 Å². The van der Waals surface area contributed by atoms with Gasteiger partial charge in [-0.3, -0.25) is 0 Å². The number of phenols is 1. The Kier molecular flexibility index (Phi) is 5.54. The highest BCUT2D eigenvalue weighted by molar-refractivity contribution is 9.10. The number of phenolic OH excluding ortho intramolecular Hbond substituents is 1. The van der Waals surface area contributed by atoms with E-state index in [4.69, 9.17) is 9.84 Å². The first-order valence-electron chi connectivity index (χ1n) is 3.76. The van der Waals surface area contributed by atoms with E-state index < -0.39 is 0 Å². The lowest BCUT2D eigenvalue weighted by atomic mass is 10.3. The molecule has 0 unspecified atom stereocenters. The fourth-order valence-corrected chi connectivity index (χ4v) is 1.01. The third kappa shape index (κ3) is 3.13. The van der Waals surface area contributed by atoms with Crippen molar-refractivity contribution in [2.75, 3.05) is 7.11 Å². The first-order valence-corrected chi connectivity index (χ1v) is 4.56. The second-order valence-corrected chi connectivity index (χ2v) is 2.73. The van der Waals surface area contributed by atoms with Crippen LogP contribution in [0.3, 0.4) is 0 Å². The topological polar surface area (TPSA) is 29.5 Å². The van der Waals surface area contributed by atoms with E-state index in [2.05, 4.69) is 15.9 Å². The Morgan fingerprint density at radius 1 is 1.33 bits per heavy atom. The van der Waals surface area contributed by atoms with Gasteiger partial charge in [0.1, 0.15) is 0 Å². The van der Waals surface area contributed by atoms with E-state index in [9.17, 15) is 0 Å². The van der Waals surface area contributed by atoms with Crippen molar-refractivity contribution < 1.29 is 9.84 Å². The van der Waals surface area contributed by atoms with Crippen LogP contribution in [0.25, 0.3) is 0 Å². The molecule has 0 aliphatic carbocycles. The first kappa shape index (κ1) is 11.3. The minimum absolute atomic E-state index is 0.150. The van der Waals surface area contributed by atoms with Crippen molar-refractivity contribution >= 4 is 15.9 Å². The molecule has 1 aromatic carbocycles. The van der Waals surface area contributed by atoms with Gasteiger partial charge in [-0.05, 0) is 18.2 Å². The molecule has 0 aliphatic rings. The zero-order chi connectivity index (χ0) is 9.56. The lowest BCUT2D eigenvalue weighted by Gasteiger charge is -2.01. The van der Waals surface area contributed by atoms with E-state index in [1.54, 1.807) is 18.2 Å². The van der Waals surface area contributed by atoms with E-state index in [1.807, 2.05) is 13.8 Å². The minimum Gasteiger partial charge on any atom is -0.504 e. The predicted octanol–water partition coefficient (Wildman–Crippen LogP) is 3.19. The zero-order valence-electron chi connectivity index (χ0n) is 7.47. The summed E-state index contributed by atoms with van der Waals surface area (Å²) in [6.07, 6.45) is 0.